The number of aliphatic imine (C=N–C) groups is 1. The highest BCUT2D eigenvalue weighted by atomic mass is 127. The summed E-state index contributed by atoms with van der Waals surface area (Å²) in [5, 5.41) is 6.80. The van der Waals surface area contributed by atoms with Crippen molar-refractivity contribution in [3.63, 3.8) is 0 Å². The Hall–Kier alpha value is -0.980. The number of nitrogens with one attached hydrogen (secondary N) is 2. The van der Waals surface area contributed by atoms with Gasteiger partial charge in [-0.1, -0.05) is 38.8 Å². The molecule has 0 aliphatic heterocycles. The van der Waals surface area contributed by atoms with Crippen LogP contribution in [0, 0.1) is 5.92 Å². The highest BCUT2D eigenvalue weighted by Gasteiger charge is 2.06. The maximum Gasteiger partial charge on any atom is 0.191 e. The maximum atomic E-state index is 5.17. The summed E-state index contributed by atoms with van der Waals surface area (Å²) in [6, 6.07) is 8.50. The van der Waals surface area contributed by atoms with E-state index in [4.69, 9.17) is 4.74 Å². The van der Waals surface area contributed by atoms with Crippen LogP contribution in [-0.2, 0) is 6.54 Å². The van der Waals surface area contributed by atoms with Crippen LogP contribution in [0.1, 0.15) is 45.6 Å². The molecule has 23 heavy (non-hydrogen) atoms. The van der Waals surface area contributed by atoms with Crippen molar-refractivity contribution in [2.24, 2.45) is 10.9 Å². The van der Waals surface area contributed by atoms with Crippen LogP contribution in [-0.4, -0.2) is 26.2 Å². The van der Waals surface area contributed by atoms with E-state index in [2.05, 4.69) is 48.5 Å². The van der Waals surface area contributed by atoms with E-state index >= 15 is 0 Å². The van der Waals surface area contributed by atoms with Crippen LogP contribution in [0.2, 0.25) is 0 Å². The molecule has 0 heterocycles. The number of benzene rings is 1. The molecule has 4 nitrogen and oxygen atoms in total. The average molecular weight is 433 g/mol. The quantitative estimate of drug-likeness (QED) is 0.367. The first kappa shape index (κ1) is 22.0. The van der Waals surface area contributed by atoms with Gasteiger partial charge in [0.1, 0.15) is 5.75 Å². The van der Waals surface area contributed by atoms with Gasteiger partial charge in [-0.25, -0.2) is 0 Å². The van der Waals surface area contributed by atoms with E-state index in [1.165, 1.54) is 24.8 Å². The molecule has 132 valence electrons. The SMILES string of the molecule is CN=C(NCc1ccc(OC)cc1)NC(C)CCCC(C)C.I. The summed E-state index contributed by atoms with van der Waals surface area (Å²) in [5.74, 6) is 2.51. The molecule has 0 aliphatic carbocycles. The summed E-state index contributed by atoms with van der Waals surface area (Å²) >= 11 is 0. The Morgan fingerprint density at radius 2 is 1.78 bits per heavy atom. The van der Waals surface area contributed by atoms with Crippen LogP contribution in [0.5, 0.6) is 5.75 Å². The highest BCUT2D eigenvalue weighted by Crippen LogP contribution is 2.11. The fourth-order valence-electron chi connectivity index (χ4n) is 2.26. The molecule has 1 aromatic rings. The molecular weight excluding hydrogens is 401 g/mol. The Morgan fingerprint density at radius 3 is 2.30 bits per heavy atom. The van der Waals surface area contributed by atoms with Crippen molar-refractivity contribution in [1.82, 2.24) is 10.6 Å². The lowest BCUT2D eigenvalue weighted by Gasteiger charge is -2.18. The summed E-state index contributed by atoms with van der Waals surface area (Å²) in [6.45, 7) is 7.50. The number of ether oxygens (including phenoxy) is 1. The Kier molecular flexibility index (Phi) is 11.9. The smallest absolute Gasteiger partial charge is 0.191 e. The summed E-state index contributed by atoms with van der Waals surface area (Å²) < 4.78 is 5.17. The van der Waals surface area contributed by atoms with Gasteiger partial charge in [-0.2, -0.15) is 0 Å². The molecule has 0 saturated heterocycles. The van der Waals surface area contributed by atoms with E-state index < -0.39 is 0 Å². The summed E-state index contributed by atoms with van der Waals surface area (Å²) in [5.41, 5.74) is 1.20. The zero-order valence-electron chi connectivity index (χ0n) is 15.1. The standard InChI is InChI=1S/C18H31N3O.HI/c1-14(2)7-6-8-15(3)21-18(19-4)20-13-16-9-11-17(22-5)12-10-16;/h9-12,14-15H,6-8,13H2,1-5H3,(H2,19,20,21);1H. The van der Waals surface area contributed by atoms with Gasteiger partial charge in [-0.05, 0) is 37.0 Å². The normalized spacial score (nSPS) is 12.5. The second-order valence-electron chi connectivity index (χ2n) is 6.14. The van der Waals surface area contributed by atoms with E-state index in [0.717, 1.165) is 24.2 Å². The predicted molar refractivity (Wildman–Crippen MR) is 110 cm³/mol. The molecule has 0 fully saturated rings. The minimum Gasteiger partial charge on any atom is -0.497 e. The van der Waals surface area contributed by atoms with Crippen LogP contribution in [0.4, 0.5) is 0 Å². The fourth-order valence-corrected chi connectivity index (χ4v) is 2.26. The average Bonchev–Trinajstić information content (AvgIpc) is 2.51. The number of rotatable bonds is 8. The van der Waals surface area contributed by atoms with Crippen molar-refractivity contribution in [3.8, 4) is 5.75 Å². The van der Waals surface area contributed by atoms with E-state index in [1.807, 2.05) is 19.2 Å². The number of hydrogen-bond acceptors (Lipinski definition) is 2. The largest absolute Gasteiger partial charge is 0.497 e. The van der Waals surface area contributed by atoms with Crippen LogP contribution >= 0.6 is 24.0 Å². The van der Waals surface area contributed by atoms with Gasteiger partial charge in [0, 0.05) is 19.6 Å². The molecule has 5 heteroatoms. The number of hydrogen-bond donors (Lipinski definition) is 2. The van der Waals surface area contributed by atoms with Crippen molar-refractivity contribution in [3.05, 3.63) is 29.8 Å². The first-order chi connectivity index (χ1) is 10.5. The second kappa shape index (κ2) is 12.4. The van der Waals surface area contributed by atoms with Gasteiger partial charge in [0.15, 0.2) is 5.96 Å². The minimum absolute atomic E-state index is 0. The first-order valence-electron chi connectivity index (χ1n) is 8.15. The lowest BCUT2D eigenvalue weighted by atomic mass is 10.0. The van der Waals surface area contributed by atoms with E-state index in [0.29, 0.717) is 6.04 Å². The molecule has 0 radical (unpaired) electrons. The van der Waals surface area contributed by atoms with Crippen LogP contribution in [0.3, 0.4) is 0 Å². The predicted octanol–water partition coefficient (Wildman–Crippen LogP) is 4.19. The monoisotopic (exact) mass is 433 g/mol. The van der Waals surface area contributed by atoms with Gasteiger partial charge in [0.05, 0.1) is 7.11 Å². The van der Waals surface area contributed by atoms with Crippen LogP contribution in [0.15, 0.2) is 29.3 Å². The van der Waals surface area contributed by atoms with Gasteiger partial charge in [-0.15, -0.1) is 24.0 Å². The molecule has 1 unspecified atom stereocenters. The third kappa shape index (κ3) is 9.69. The van der Waals surface area contributed by atoms with Crippen molar-refractivity contribution < 1.29 is 4.74 Å². The van der Waals surface area contributed by atoms with Crippen LogP contribution < -0.4 is 15.4 Å². The molecule has 1 rings (SSSR count). The van der Waals surface area contributed by atoms with Crippen molar-refractivity contribution in [1.29, 1.82) is 0 Å². The third-order valence-electron chi connectivity index (χ3n) is 3.64. The van der Waals surface area contributed by atoms with Crippen LogP contribution in [0.25, 0.3) is 0 Å². The molecule has 0 saturated carbocycles. The Morgan fingerprint density at radius 1 is 1.13 bits per heavy atom. The topological polar surface area (TPSA) is 45.7 Å². The molecule has 0 aromatic heterocycles. The molecular formula is C18H32IN3O. The van der Waals surface area contributed by atoms with E-state index in [9.17, 15) is 0 Å². The lowest BCUT2D eigenvalue weighted by molar-refractivity contribution is 0.414. The Balaban J connectivity index is 0.00000484. The molecule has 2 N–H and O–H groups in total. The molecule has 1 atom stereocenters. The van der Waals surface area contributed by atoms with Gasteiger partial charge in [0.25, 0.3) is 0 Å². The summed E-state index contributed by atoms with van der Waals surface area (Å²) in [7, 11) is 3.49. The maximum absolute atomic E-state index is 5.17. The minimum atomic E-state index is 0. The highest BCUT2D eigenvalue weighted by molar-refractivity contribution is 14.0. The Bertz CT molecular complexity index is 446. The molecule has 0 aliphatic rings. The summed E-state index contributed by atoms with van der Waals surface area (Å²) in [4.78, 5) is 4.29. The molecule has 1 aromatic carbocycles. The zero-order valence-corrected chi connectivity index (χ0v) is 17.4. The Labute approximate surface area is 158 Å². The van der Waals surface area contributed by atoms with Crippen molar-refractivity contribution in [2.75, 3.05) is 14.2 Å². The first-order valence-corrected chi connectivity index (χ1v) is 8.15. The zero-order chi connectivity index (χ0) is 16.4. The van der Waals surface area contributed by atoms with Gasteiger partial charge < -0.3 is 15.4 Å². The molecule has 0 spiro atoms. The molecule has 0 amide bonds. The fraction of sp³-hybridized carbons (Fsp3) is 0.611. The number of nitrogens with zero attached hydrogens (tertiary/aromatic N) is 1. The number of halogens is 1. The van der Waals surface area contributed by atoms with E-state index in [1.54, 1.807) is 7.11 Å². The molecule has 0 bridgehead atoms. The van der Waals surface area contributed by atoms with Gasteiger partial charge in [-0.3, -0.25) is 4.99 Å². The number of guanidine groups is 1. The lowest BCUT2D eigenvalue weighted by Crippen LogP contribution is -2.41. The van der Waals surface area contributed by atoms with Crippen molar-refractivity contribution in [2.45, 2.75) is 52.6 Å². The summed E-state index contributed by atoms with van der Waals surface area (Å²) in [6.07, 6.45) is 3.70. The van der Waals surface area contributed by atoms with Crippen molar-refractivity contribution >= 4 is 29.9 Å². The van der Waals surface area contributed by atoms with E-state index in [-0.39, 0.29) is 24.0 Å². The van der Waals surface area contributed by atoms with Gasteiger partial charge in [0.2, 0.25) is 0 Å². The second-order valence-corrected chi connectivity index (χ2v) is 6.14. The van der Waals surface area contributed by atoms with Gasteiger partial charge >= 0.3 is 0 Å². The third-order valence-corrected chi connectivity index (χ3v) is 3.64. The number of methoxy groups -OCH3 is 1.